The largest absolute Gasteiger partial charge is 0.503 e. The van der Waals surface area contributed by atoms with E-state index in [1.165, 1.54) is 6.07 Å². The van der Waals surface area contributed by atoms with Crippen molar-refractivity contribution in [2.45, 2.75) is 0 Å². The molecule has 1 aromatic heterocycles. The predicted molar refractivity (Wildman–Crippen MR) is 58.9 cm³/mol. The number of pyridine rings is 1. The van der Waals surface area contributed by atoms with Gasteiger partial charge in [-0.1, -0.05) is 12.1 Å². The molecule has 1 aromatic carbocycles. The summed E-state index contributed by atoms with van der Waals surface area (Å²) in [6.07, 6.45) is 0. The molecule has 0 fully saturated rings. The molecule has 0 aliphatic rings. The Morgan fingerprint density at radius 1 is 1.12 bits per heavy atom. The first-order chi connectivity index (χ1) is 7.70. The first-order valence-electron chi connectivity index (χ1n) is 4.63. The number of aromatic amines is 1. The summed E-state index contributed by atoms with van der Waals surface area (Å²) in [6, 6.07) is 11.8. The topological polar surface area (TPSA) is 76.9 Å². The lowest BCUT2D eigenvalue weighted by Crippen LogP contribution is -2.05. The average Bonchev–Trinajstić information content (AvgIpc) is 2.33. The van der Waals surface area contributed by atoms with Crippen LogP contribution in [-0.4, -0.2) is 10.1 Å². The molecule has 0 saturated carbocycles. The van der Waals surface area contributed by atoms with Crippen molar-refractivity contribution in [2.75, 3.05) is 0 Å². The molecule has 0 aliphatic carbocycles. The van der Waals surface area contributed by atoms with Gasteiger partial charge in [-0.15, -0.1) is 0 Å². The van der Waals surface area contributed by atoms with Crippen LogP contribution < -0.4 is 5.56 Å². The first-order valence-corrected chi connectivity index (χ1v) is 4.63. The first kappa shape index (κ1) is 9.99. The third-order valence-corrected chi connectivity index (χ3v) is 2.21. The molecule has 0 amide bonds. The second kappa shape index (κ2) is 3.91. The molecule has 0 bridgehead atoms. The van der Waals surface area contributed by atoms with Crippen LogP contribution in [0.4, 0.5) is 0 Å². The summed E-state index contributed by atoms with van der Waals surface area (Å²) >= 11 is 0. The lowest BCUT2D eigenvalue weighted by molar-refractivity contribution is 0.467. The Kier molecular flexibility index (Phi) is 2.44. The van der Waals surface area contributed by atoms with Crippen molar-refractivity contribution in [1.82, 2.24) is 4.98 Å². The van der Waals surface area contributed by atoms with Gasteiger partial charge in [0.05, 0.1) is 11.6 Å². The van der Waals surface area contributed by atoms with Gasteiger partial charge in [0.2, 0.25) is 0 Å². The zero-order valence-electron chi connectivity index (χ0n) is 8.27. The van der Waals surface area contributed by atoms with Gasteiger partial charge in [-0.25, -0.2) is 0 Å². The van der Waals surface area contributed by atoms with E-state index < -0.39 is 5.56 Å². The molecule has 78 valence electrons. The van der Waals surface area contributed by atoms with Gasteiger partial charge in [-0.2, -0.15) is 5.26 Å². The van der Waals surface area contributed by atoms with Crippen LogP contribution >= 0.6 is 0 Å². The number of aromatic nitrogens is 1. The zero-order chi connectivity index (χ0) is 11.5. The number of aromatic hydroxyl groups is 1. The number of rotatable bonds is 1. The van der Waals surface area contributed by atoms with E-state index in [-0.39, 0.29) is 5.75 Å². The van der Waals surface area contributed by atoms with Crippen molar-refractivity contribution in [3.8, 4) is 23.1 Å². The van der Waals surface area contributed by atoms with Crippen molar-refractivity contribution in [1.29, 1.82) is 5.26 Å². The molecule has 2 rings (SSSR count). The monoisotopic (exact) mass is 212 g/mol. The predicted octanol–water partition coefficient (Wildman–Crippen LogP) is 1.62. The summed E-state index contributed by atoms with van der Waals surface area (Å²) in [6.45, 7) is 0. The fourth-order valence-corrected chi connectivity index (χ4v) is 1.36. The molecule has 4 heteroatoms. The summed E-state index contributed by atoms with van der Waals surface area (Å²) in [5.41, 5.74) is 1.43. The van der Waals surface area contributed by atoms with Gasteiger partial charge in [-0.05, 0) is 29.8 Å². The van der Waals surface area contributed by atoms with Crippen molar-refractivity contribution in [3.05, 3.63) is 52.3 Å². The molecule has 16 heavy (non-hydrogen) atoms. The van der Waals surface area contributed by atoms with E-state index >= 15 is 0 Å². The van der Waals surface area contributed by atoms with Gasteiger partial charge in [0, 0.05) is 5.69 Å². The normalized spacial score (nSPS) is 9.69. The highest BCUT2D eigenvalue weighted by Gasteiger charge is 2.01. The van der Waals surface area contributed by atoms with Crippen LogP contribution in [0.3, 0.4) is 0 Å². The second-order valence-electron chi connectivity index (χ2n) is 3.28. The lowest BCUT2D eigenvalue weighted by Gasteiger charge is -2.01. The summed E-state index contributed by atoms with van der Waals surface area (Å²) in [4.78, 5) is 13.7. The molecule has 0 unspecified atom stereocenters. The van der Waals surface area contributed by atoms with E-state index in [1.807, 2.05) is 6.07 Å². The minimum atomic E-state index is -0.526. The van der Waals surface area contributed by atoms with E-state index in [4.69, 9.17) is 10.4 Å². The van der Waals surface area contributed by atoms with Gasteiger partial charge in [0.15, 0.2) is 5.75 Å². The summed E-state index contributed by atoms with van der Waals surface area (Å²) in [5, 5.41) is 17.7. The zero-order valence-corrected chi connectivity index (χ0v) is 8.27. The van der Waals surface area contributed by atoms with E-state index in [2.05, 4.69) is 4.98 Å². The number of hydrogen-bond acceptors (Lipinski definition) is 3. The molecular formula is C12H8N2O2. The molecule has 2 aromatic rings. The number of hydrogen-bond donors (Lipinski definition) is 2. The molecule has 2 N–H and O–H groups in total. The van der Waals surface area contributed by atoms with E-state index in [9.17, 15) is 4.79 Å². The summed E-state index contributed by atoms with van der Waals surface area (Å²) in [5.74, 6) is -0.308. The second-order valence-corrected chi connectivity index (χ2v) is 3.28. The van der Waals surface area contributed by atoms with Gasteiger partial charge >= 0.3 is 0 Å². The maximum Gasteiger partial charge on any atom is 0.290 e. The molecule has 0 radical (unpaired) electrons. The SMILES string of the molecule is N#Cc1ccc(-c2ccc(O)c(=O)[nH]2)cc1. The van der Waals surface area contributed by atoms with E-state index in [0.717, 1.165) is 5.56 Å². The van der Waals surface area contributed by atoms with Crippen molar-refractivity contribution < 1.29 is 5.11 Å². The third kappa shape index (κ3) is 1.79. The average molecular weight is 212 g/mol. The minimum Gasteiger partial charge on any atom is -0.503 e. The van der Waals surface area contributed by atoms with Gasteiger partial charge in [-0.3, -0.25) is 4.79 Å². The Labute approximate surface area is 91.4 Å². The fourth-order valence-electron chi connectivity index (χ4n) is 1.36. The fraction of sp³-hybridized carbons (Fsp3) is 0. The van der Waals surface area contributed by atoms with Crippen LogP contribution in [0.15, 0.2) is 41.2 Å². The van der Waals surface area contributed by atoms with Crippen LogP contribution in [0.5, 0.6) is 5.75 Å². The molecule has 4 nitrogen and oxygen atoms in total. The molecule has 0 saturated heterocycles. The lowest BCUT2D eigenvalue weighted by atomic mass is 10.1. The number of benzene rings is 1. The van der Waals surface area contributed by atoms with Crippen LogP contribution in [0, 0.1) is 11.3 Å². The summed E-state index contributed by atoms with van der Waals surface area (Å²) in [7, 11) is 0. The van der Waals surface area contributed by atoms with Crippen LogP contribution in [-0.2, 0) is 0 Å². The van der Waals surface area contributed by atoms with Crippen LogP contribution in [0.25, 0.3) is 11.3 Å². The number of nitrogens with one attached hydrogen (secondary N) is 1. The molecule has 0 spiro atoms. The Balaban J connectivity index is 2.47. The summed E-state index contributed by atoms with van der Waals surface area (Å²) < 4.78 is 0. The molecule has 0 atom stereocenters. The van der Waals surface area contributed by atoms with Crippen molar-refractivity contribution in [3.63, 3.8) is 0 Å². The highest BCUT2D eigenvalue weighted by atomic mass is 16.3. The number of nitriles is 1. The van der Waals surface area contributed by atoms with Crippen molar-refractivity contribution >= 4 is 0 Å². The van der Waals surface area contributed by atoms with Crippen LogP contribution in [0.1, 0.15) is 5.56 Å². The quantitative estimate of drug-likeness (QED) is 0.754. The highest BCUT2D eigenvalue weighted by molar-refractivity contribution is 5.60. The van der Waals surface area contributed by atoms with E-state index in [0.29, 0.717) is 11.3 Å². The highest BCUT2D eigenvalue weighted by Crippen LogP contribution is 2.17. The Bertz CT molecular complexity index is 606. The minimum absolute atomic E-state index is 0.308. The molecular weight excluding hydrogens is 204 g/mol. The maximum atomic E-state index is 11.2. The van der Waals surface area contributed by atoms with E-state index in [1.54, 1.807) is 30.3 Å². The number of nitrogens with zero attached hydrogens (tertiary/aromatic N) is 1. The smallest absolute Gasteiger partial charge is 0.290 e. The third-order valence-electron chi connectivity index (χ3n) is 2.21. The van der Waals surface area contributed by atoms with Crippen molar-refractivity contribution in [2.24, 2.45) is 0 Å². The molecule has 0 aliphatic heterocycles. The molecule has 1 heterocycles. The Morgan fingerprint density at radius 2 is 1.81 bits per heavy atom. The van der Waals surface area contributed by atoms with Gasteiger partial charge in [0.1, 0.15) is 0 Å². The van der Waals surface area contributed by atoms with Gasteiger partial charge < -0.3 is 10.1 Å². The Hall–Kier alpha value is -2.54. The standard InChI is InChI=1S/C12H8N2O2/c13-7-8-1-3-9(4-2-8)10-5-6-11(15)12(16)14-10/h1-6,15H,(H,14,16). The number of H-pyrrole nitrogens is 1. The maximum absolute atomic E-state index is 11.2. The van der Waals surface area contributed by atoms with Crippen LogP contribution in [0.2, 0.25) is 0 Å². The Morgan fingerprint density at radius 3 is 2.38 bits per heavy atom. The van der Waals surface area contributed by atoms with Gasteiger partial charge in [0.25, 0.3) is 5.56 Å².